The Morgan fingerprint density at radius 1 is 1.28 bits per heavy atom. The van der Waals surface area contributed by atoms with Gasteiger partial charge in [0.2, 0.25) is 0 Å². The van der Waals surface area contributed by atoms with E-state index in [1.54, 1.807) is 7.11 Å². The van der Waals surface area contributed by atoms with Crippen LogP contribution >= 0.6 is 0 Å². The molecule has 164 valence electrons. The van der Waals surface area contributed by atoms with Crippen molar-refractivity contribution < 1.29 is 45.0 Å². The number of aliphatic carboxylic acids is 1. The van der Waals surface area contributed by atoms with Crippen LogP contribution < -0.4 is 0 Å². The van der Waals surface area contributed by atoms with E-state index in [0.717, 1.165) is 12.1 Å². The quantitative estimate of drug-likeness (QED) is 0.716. The molecule has 1 atom stereocenters. The Bertz CT molecular complexity index is 852. The van der Waals surface area contributed by atoms with Gasteiger partial charge in [0, 0.05) is 32.7 Å². The lowest BCUT2D eigenvalue weighted by atomic mass is 9.83. The van der Waals surface area contributed by atoms with Gasteiger partial charge in [-0.25, -0.2) is 22.0 Å². The van der Waals surface area contributed by atoms with Crippen LogP contribution in [0.15, 0.2) is 18.2 Å². The number of carboxylic acids is 1. The average Bonchev–Trinajstić information content (AvgIpc) is 2.82. The first-order chi connectivity index (χ1) is 13.3. The predicted molar refractivity (Wildman–Crippen MR) is 91.8 cm³/mol. The molecule has 2 aliphatic heterocycles. The molecule has 2 heterocycles. The minimum Gasteiger partial charge on any atom is -0.475 e. The molecule has 0 saturated carbocycles. The fraction of sp³-hybridized carbons (Fsp3) is 0.588. The third-order valence-corrected chi connectivity index (χ3v) is 7.68. The number of hydrogen-bond donors (Lipinski definition) is 1. The molecule has 0 aliphatic carbocycles. The molecule has 1 aromatic carbocycles. The normalized spacial score (nSPS) is 22.6. The summed E-state index contributed by atoms with van der Waals surface area (Å²) in [5.74, 6) is -4.28. The van der Waals surface area contributed by atoms with Crippen LogP contribution in [0.4, 0.5) is 22.0 Å². The van der Waals surface area contributed by atoms with E-state index in [9.17, 15) is 30.4 Å². The van der Waals surface area contributed by atoms with Crippen LogP contribution in [0.25, 0.3) is 0 Å². The number of carboxylic acid groups (broad SMARTS) is 1. The van der Waals surface area contributed by atoms with Gasteiger partial charge in [-0.2, -0.15) is 13.2 Å². The van der Waals surface area contributed by atoms with Crippen molar-refractivity contribution in [3.05, 3.63) is 35.4 Å². The highest BCUT2D eigenvalue weighted by Crippen LogP contribution is 2.45. The van der Waals surface area contributed by atoms with E-state index in [4.69, 9.17) is 14.6 Å². The zero-order chi connectivity index (χ0) is 22.0. The Morgan fingerprint density at radius 2 is 1.86 bits per heavy atom. The molecule has 0 aromatic heterocycles. The maximum absolute atomic E-state index is 13.2. The Labute approximate surface area is 164 Å². The molecule has 29 heavy (non-hydrogen) atoms. The lowest BCUT2D eigenvalue weighted by Crippen LogP contribution is -2.67. The zero-order valence-corrected chi connectivity index (χ0v) is 16.2. The molecular formula is C17H20F5NO5S. The summed E-state index contributed by atoms with van der Waals surface area (Å²) in [6.45, 7) is 1.73. The molecule has 2 saturated heterocycles. The molecule has 0 radical (unpaired) electrons. The number of halogens is 5. The predicted octanol–water partition coefficient (Wildman–Crippen LogP) is 2.23. The summed E-state index contributed by atoms with van der Waals surface area (Å²) in [7, 11) is -1.54. The molecule has 1 N–H and O–H groups in total. The number of benzene rings is 1. The molecular weight excluding hydrogens is 425 g/mol. The molecule has 2 aliphatic rings. The average molecular weight is 445 g/mol. The van der Waals surface area contributed by atoms with Crippen LogP contribution in [-0.2, 0) is 25.9 Å². The highest BCUT2D eigenvalue weighted by atomic mass is 32.2. The van der Waals surface area contributed by atoms with E-state index < -0.39 is 38.4 Å². The second kappa shape index (κ2) is 8.52. The summed E-state index contributed by atoms with van der Waals surface area (Å²) in [5, 5.41) is 7.12. The molecule has 0 amide bonds. The highest BCUT2D eigenvalue weighted by Gasteiger charge is 2.61. The number of carbonyl (C=O) groups is 1. The number of methoxy groups -OCH3 is 1. The van der Waals surface area contributed by atoms with E-state index in [1.807, 2.05) is 4.90 Å². The van der Waals surface area contributed by atoms with Crippen LogP contribution in [0.5, 0.6) is 0 Å². The zero-order valence-electron chi connectivity index (χ0n) is 15.4. The number of alkyl halides is 3. The van der Waals surface area contributed by atoms with Gasteiger partial charge in [-0.3, -0.25) is 4.90 Å². The number of likely N-dealkylation sites (tertiary alicyclic amines) is 1. The van der Waals surface area contributed by atoms with Crippen molar-refractivity contribution in [3.63, 3.8) is 0 Å². The Hall–Kier alpha value is -1.79. The van der Waals surface area contributed by atoms with E-state index >= 15 is 0 Å². The van der Waals surface area contributed by atoms with Gasteiger partial charge < -0.3 is 9.84 Å². The SMILES string of the molecule is COCC1CCS(=O)(=O)C12CN(Cc1ccc(F)c(F)c1)C2.O=C(O)C(F)(F)F. The van der Waals surface area contributed by atoms with Gasteiger partial charge in [-0.1, -0.05) is 6.07 Å². The molecule has 3 rings (SSSR count). The number of sulfone groups is 1. The lowest BCUT2D eigenvalue weighted by Gasteiger charge is -2.50. The summed E-state index contributed by atoms with van der Waals surface area (Å²) in [5.41, 5.74) is 0.646. The Kier molecular flexibility index (Phi) is 6.90. The monoisotopic (exact) mass is 445 g/mol. The summed E-state index contributed by atoms with van der Waals surface area (Å²) >= 11 is 0. The molecule has 0 bridgehead atoms. The maximum atomic E-state index is 13.2. The van der Waals surface area contributed by atoms with Crippen molar-refractivity contribution in [1.29, 1.82) is 0 Å². The van der Waals surface area contributed by atoms with Crippen molar-refractivity contribution in [1.82, 2.24) is 4.90 Å². The van der Waals surface area contributed by atoms with Crippen molar-refractivity contribution in [2.75, 3.05) is 32.6 Å². The largest absolute Gasteiger partial charge is 0.490 e. The van der Waals surface area contributed by atoms with Gasteiger partial charge in [0.15, 0.2) is 21.5 Å². The summed E-state index contributed by atoms with van der Waals surface area (Å²) in [6, 6.07) is 3.79. The van der Waals surface area contributed by atoms with Crippen molar-refractivity contribution >= 4 is 15.8 Å². The molecule has 2 fully saturated rings. The van der Waals surface area contributed by atoms with E-state index in [-0.39, 0.29) is 11.7 Å². The van der Waals surface area contributed by atoms with Crippen LogP contribution in [-0.4, -0.2) is 67.9 Å². The number of hydrogen-bond acceptors (Lipinski definition) is 5. The van der Waals surface area contributed by atoms with Gasteiger partial charge >= 0.3 is 12.1 Å². The fourth-order valence-corrected chi connectivity index (χ4v) is 6.08. The Balaban J connectivity index is 0.000000370. The highest BCUT2D eigenvalue weighted by molar-refractivity contribution is 7.93. The first-order valence-corrected chi connectivity index (χ1v) is 10.2. The topological polar surface area (TPSA) is 83.9 Å². The maximum Gasteiger partial charge on any atom is 0.490 e. The number of rotatable bonds is 4. The lowest BCUT2D eigenvalue weighted by molar-refractivity contribution is -0.192. The molecule has 6 nitrogen and oxygen atoms in total. The summed E-state index contributed by atoms with van der Waals surface area (Å²) in [4.78, 5) is 10.9. The first kappa shape index (κ1) is 23.5. The van der Waals surface area contributed by atoms with Crippen LogP contribution in [0.1, 0.15) is 12.0 Å². The first-order valence-electron chi connectivity index (χ1n) is 8.50. The second-order valence-corrected chi connectivity index (χ2v) is 9.47. The van der Waals surface area contributed by atoms with Crippen molar-refractivity contribution in [2.45, 2.75) is 23.9 Å². The van der Waals surface area contributed by atoms with Gasteiger partial charge in [-0.05, 0) is 24.1 Å². The van der Waals surface area contributed by atoms with Gasteiger partial charge in [0.05, 0.1) is 12.4 Å². The number of ether oxygens (including phenoxy) is 1. The minimum absolute atomic E-state index is 0.0173. The van der Waals surface area contributed by atoms with E-state index in [1.165, 1.54) is 6.07 Å². The van der Waals surface area contributed by atoms with Crippen LogP contribution in [0.2, 0.25) is 0 Å². The van der Waals surface area contributed by atoms with Crippen molar-refractivity contribution in [2.24, 2.45) is 5.92 Å². The van der Waals surface area contributed by atoms with Crippen molar-refractivity contribution in [3.8, 4) is 0 Å². The molecule has 12 heteroatoms. The van der Waals surface area contributed by atoms with E-state index in [0.29, 0.717) is 38.2 Å². The van der Waals surface area contributed by atoms with Gasteiger partial charge in [0.1, 0.15) is 4.75 Å². The Morgan fingerprint density at radius 3 is 2.34 bits per heavy atom. The second-order valence-electron chi connectivity index (χ2n) is 7.02. The molecule has 1 aromatic rings. The van der Waals surface area contributed by atoms with Gasteiger partial charge in [0.25, 0.3) is 0 Å². The molecule has 1 spiro atoms. The third kappa shape index (κ3) is 5.04. The summed E-state index contributed by atoms with van der Waals surface area (Å²) in [6.07, 6.45) is -4.45. The fourth-order valence-electron chi connectivity index (χ4n) is 3.63. The van der Waals surface area contributed by atoms with Gasteiger partial charge in [-0.15, -0.1) is 0 Å². The molecule has 1 unspecified atom stereocenters. The third-order valence-electron chi connectivity index (χ3n) is 5.08. The standard InChI is InChI=1S/C15H19F2NO3S.C2HF3O2/c1-21-8-12-4-5-22(19,20)15(12)9-18(10-15)7-11-2-3-13(16)14(17)6-11;3-2(4,5)1(6)7/h2-3,6,12H,4-5,7-10H2,1H3;(H,6,7). The minimum atomic E-state index is -5.08. The van der Waals surface area contributed by atoms with Crippen LogP contribution in [0, 0.1) is 17.6 Å². The smallest absolute Gasteiger partial charge is 0.475 e. The number of nitrogens with zero attached hydrogens (tertiary/aromatic N) is 1. The van der Waals surface area contributed by atoms with E-state index in [2.05, 4.69) is 0 Å². The summed E-state index contributed by atoms with van der Waals surface area (Å²) < 4.78 is 87.0. The van der Waals surface area contributed by atoms with Crippen LogP contribution in [0.3, 0.4) is 0 Å².